The van der Waals surface area contributed by atoms with Crippen LogP contribution in [0.2, 0.25) is 0 Å². The van der Waals surface area contributed by atoms with Crippen LogP contribution in [0.1, 0.15) is 38.7 Å². The summed E-state index contributed by atoms with van der Waals surface area (Å²) in [5.41, 5.74) is 6.53. The Morgan fingerprint density at radius 2 is 2.20 bits per heavy atom. The number of nitrogens with zero attached hydrogens (tertiary/aromatic N) is 1. The van der Waals surface area contributed by atoms with E-state index in [1.54, 1.807) is 6.20 Å². The van der Waals surface area contributed by atoms with Crippen LogP contribution >= 0.6 is 0 Å². The van der Waals surface area contributed by atoms with Crippen molar-refractivity contribution in [2.75, 3.05) is 0 Å². The van der Waals surface area contributed by atoms with Gasteiger partial charge in [-0.25, -0.2) is 4.98 Å². The summed E-state index contributed by atoms with van der Waals surface area (Å²) >= 11 is 0. The molecule has 1 heterocycles. The first kappa shape index (κ1) is 12.0. The van der Waals surface area contributed by atoms with Gasteiger partial charge in [-0.2, -0.15) is 0 Å². The molecule has 3 nitrogen and oxygen atoms in total. The van der Waals surface area contributed by atoms with E-state index in [1.807, 2.05) is 12.1 Å². The van der Waals surface area contributed by atoms with Crippen molar-refractivity contribution in [3.05, 3.63) is 23.9 Å². The first-order valence-electron chi connectivity index (χ1n) is 5.61. The van der Waals surface area contributed by atoms with E-state index in [2.05, 4.69) is 18.8 Å². The van der Waals surface area contributed by atoms with Gasteiger partial charge in [0.15, 0.2) is 0 Å². The summed E-state index contributed by atoms with van der Waals surface area (Å²) < 4.78 is 5.75. The molecule has 0 fully saturated rings. The van der Waals surface area contributed by atoms with Crippen LogP contribution in [0.4, 0.5) is 0 Å². The number of hydrogen-bond acceptors (Lipinski definition) is 3. The minimum Gasteiger partial charge on any atom is -0.474 e. The summed E-state index contributed by atoms with van der Waals surface area (Å²) in [6.45, 7) is 4.82. The van der Waals surface area contributed by atoms with Crippen molar-refractivity contribution in [2.24, 2.45) is 5.73 Å². The molecule has 0 aliphatic carbocycles. The molecule has 1 aromatic heterocycles. The highest BCUT2D eigenvalue weighted by Crippen LogP contribution is 2.13. The van der Waals surface area contributed by atoms with Crippen LogP contribution in [0.5, 0.6) is 5.88 Å². The fourth-order valence-electron chi connectivity index (χ4n) is 1.44. The van der Waals surface area contributed by atoms with E-state index in [0.29, 0.717) is 12.4 Å². The van der Waals surface area contributed by atoms with Gasteiger partial charge in [-0.15, -0.1) is 0 Å². The van der Waals surface area contributed by atoms with Crippen LogP contribution in [0.25, 0.3) is 0 Å². The summed E-state index contributed by atoms with van der Waals surface area (Å²) in [5.74, 6) is 0.701. The quantitative estimate of drug-likeness (QED) is 0.781. The standard InChI is InChI=1S/C12H20N2O/c1-3-5-11(4-2)15-12-7-6-10(8-13)9-14-12/h6-7,9,11H,3-5,8,13H2,1-2H3. The van der Waals surface area contributed by atoms with Crippen LogP contribution in [0.15, 0.2) is 18.3 Å². The predicted octanol–water partition coefficient (Wildman–Crippen LogP) is 2.50. The lowest BCUT2D eigenvalue weighted by atomic mass is 10.1. The van der Waals surface area contributed by atoms with Crippen molar-refractivity contribution in [1.29, 1.82) is 0 Å². The molecule has 0 aromatic carbocycles. The summed E-state index contributed by atoms with van der Waals surface area (Å²) in [7, 11) is 0. The highest BCUT2D eigenvalue weighted by atomic mass is 16.5. The molecule has 0 radical (unpaired) electrons. The molecule has 0 bridgehead atoms. The van der Waals surface area contributed by atoms with Gasteiger partial charge in [0.05, 0.1) is 0 Å². The van der Waals surface area contributed by atoms with Gasteiger partial charge in [-0.05, 0) is 18.4 Å². The largest absolute Gasteiger partial charge is 0.474 e. The average Bonchev–Trinajstić information content (AvgIpc) is 2.29. The topological polar surface area (TPSA) is 48.1 Å². The second-order valence-electron chi connectivity index (χ2n) is 3.65. The van der Waals surface area contributed by atoms with Gasteiger partial charge >= 0.3 is 0 Å². The lowest BCUT2D eigenvalue weighted by Gasteiger charge is -2.15. The van der Waals surface area contributed by atoms with Crippen molar-refractivity contribution in [3.8, 4) is 5.88 Å². The molecule has 1 aromatic rings. The van der Waals surface area contributed by atoms with Gasteiger partial charge < -0.3 is 10.5 Å². The van der Waals surface area contributed by atoms with Gasteiger partial charge in [0.25, 0.3) is 0 Å². The van der Waals surface area contributed by atoms with E-state index in [-0.39, 0.29) is 6.10 Å². The summed E-state index contributed by atoms with van der Waals surface area (Å²) in [6, 6.07) is 3.85. The van der Waals surface area contributed by atoms with Gasteiger partial charge in [0.1, 0.15) is 6.10 Å². The van der Waals surface area contributed by atoms with Crippen molar-refractivity contribution >= 4 is 0 Å². The molecule has 0 saturated heterocycles. The monoisotopic (exact) mass is 208 g/mol. The molecule has 0 saturated carbocycles. The molecule has 0 spiro atoms. The SMILES string of the molecule is CCCC(CC)Oc1ccc(CN)cn1. The number of nitrogens with two attached hydrogens (primary N) is 1. The maximum Gasteiger partial charge on any atom is 0.213 e. The Hall–Kier alpha value is -1.09. The van der Waals surface area contributed by atoms with Crippen molar-refractivity contribution in [1.82, 2.24) is 4.98 Å². The molecule has 3 heteroatoms. The zero-order valence-electron chi connectivity index (χ0n) is 9.57. The normalized spacial score (nSPS) is 12.5. The Kier molecular flexibility index (Phi) is 5.12. The Morgan fingerprint density at radius 3 is 2.67 bits per heavy atom. The molecule has 15 heavy (non-hydrogen) atoms. The van der Waals surface area contributed by atoms with Crippen molar-refractivity contribution in [2.45, 2.75) is 45.8 Å². The van der Waals surface area contributed by atoms with Gasteiger partial charge in [-0.1, -0.05) is 26.3 Å². The third-order valence-electron chi connectivity index (χ3n) is 2.39. The highest BCUT2D eigenvalue weighted by molar-refractivity contribution is 5.17. The van der Waals surface area contributed by atoms with E-state index >= 15 is 0 Å². The fraction of sp³-hybridized carbons (Fsp3) is 0.583. The molecular formula is C12H20N2O. The van der Waals surface area contributed by atoms with Gasteiger partial charge in [-0.3, -0.25) is 0 Å². The second-order valence-corrected chi connectivity index (χ2v) is 3.65. The summed E-state index contributed by atoms with van der Waals surface area (Å²) in [4.78, 5) is 4.22. The number of aromatic nitrogens is 1. The zero-order valence-corrected chi connectivity index (χ0v) is 9.57. The Bertz CT molecular complexity index is 271. The average molecular weight is 208 g/mol. The number of pyridine rings is 1. The van der Waals surface area contributed by atoms with E-state index in [0.717, 1.165) is 24.8 Å². The summed E-state index contributed by atoms with van der Waals surface area (Å²) in [6.07, 6.45) is 5.30. The number of hydrogen-bond donors (Lipinski definition) is 1. The molecule has 1 atom stereocenters. The number of rotatable bonds is 6. The van der Waals surface area contributed by atoms with Crippen molar-refractivity contribution in [3.63, 3.8) is 0 Å². The lowest BCUT2D eigenvalue weighted by molar-refractivity contribution is 0.178. The molecule has 0 aliphatic rings. The van der Waals surface area contributed by atoms with Crippen LogP contribution in [0, 0.1) is 0 Å². The minimum atomic E-state index is 0.284. The van der Waals surface area contributed by atoms with Gasteiger partial charge in [0, 0.05) is 18.8 Å². The third kappa shape index (κ3) is 3.88. The van der Waals surface area contributed by atoms with E-state index in [9.17, 15) is 0 Å². The molecule has 0 amide bonds. The zero-order chi connectivity index (χ0) is 11.1. The van der Waals surface area contributed by atoms with E-state index < -0.39 is 0 Å². The Labute approximate surface area is 91.7 Å². The maximum absolute atomic E-state index is 5.75. The molecule has 84 valence electrons. The molecular weight excluding hydrogens is 188 g/mol. The van der Waals surface area contributed by atoms with Crippen LogP contribution in [-0.4, -0.2) is 11.1 Å². The Balaban J connectivity index is 2.55. The molecule has 1 rings (SSSR count). The van der Waals surface area contributed by atoms with E-state index in [1.165, 1.54) is 0 Å². The van der Waals surface area contributed by atoms with Crippen LogP contribution in [-0.2, 0) is 6.54 Å². The first-order chi connectivity index (χ1) is 7.30. The van der Waals surface area contributed by atoms with Crippen molar-refractivity contribution < 1.29 is 4.74 Å². The fourth-order valence-corrected chi connectivity index (χ4v) is 1.44. The second kappa shape index (κ2) is 6.40. The smallest absolute Gasteiger partial charge is 0.213 e. The van der Waals surface area contributed by atoms with Crippen LogP contribution in [0.3, 0.4) is 0 Å². The molecule has 1 unspecified atom stereocenters. The third-order valence-corrected chi connectivity index (χ3v) is 2.39. The predicted molar refractivity (Wildman–Crippen MR) is 61.7 cm³/mol. The number of ether oxygens (including phenoxy) is 1. The lowest BCUT2D eigenvalue weighted by Crippen LogP contribution is -2.15. The maximum atomic E-state index is 5.75. The first-order valence-corrected chi connectivity index (χ1v) is 5.61. The molecule has 0 aliphatic heterocycles. The van der Waals surface area contributed by atoms with E-state index in [4.69, 9.17) is 10.5 Å². The van der Waals surface area contributed by atoms with Gasteiger partial charge in [0.2, 0.25) is 5.88 Å². The summed E-state index contributed by atoms with van der Waals surface area (Å²) in [5, 5.41) is 0. The minimum absolute atomic E-state index is 0.284. The van der Waals surface area contributed by atoms with Crippen LogP contribution < -0.4 is 10.5 Å². The Morgan fingerprint density at radius 1 is 1.40 bits per heavy atom. The highest BCUT2D eigenvalue weighted by Gasteiger charge is 2.07. The molecule has 2 N–H and O–H groups in total.